The molecule has 0 radical (unpaired) electrons. The number of rotatable bonds is 5. The highest BCUT2D eigenvalue weighted by molar-refractivity contribution is 5.94. The van der Waals surface area contributed by atoms with Crippen molar-refractivity contribution in [2.45, 2.75) is 12.3 Å². The highest BCUT2D eigenvalue weighted by Gasteiger charge is 2.28. The molecule has 1 fully saturated rings. The van der Waals surface area contributed by atoms with Crippen LogP contribution < -0.4 is 15.2 Å². The molecule has 0 aliphatic carbocycles. The maximum atomic E-state index is 14.5. The van der Waals surface area contributed by atoms with Crippen molar-refractivity contribution in [3.8, 4) is 23.3 Å². The number of primary amides is 1. The Balaban J connectivity index is 1.99. The lowest BCUT2D eigenvalue weighted by Crippen LogP contribution is -2.26. The molecule has 0 spiro atoms. The van der Waals surface area contributed by atoms with Crippen LogP contribution in [0.25, 0.3) is 0 Å². The van der Waals surface area contributed by atoms with Gasteiger partial charge in [-0.1, -0.05) is 18.4 Å². The van der Waals surface area contributed by atoms with E-state index in [1.807, 2.05) is 0 Å². The lowest BCUT2D eigenvalue weighted by molar-refractivity contribution is -0.125. The molecule has 9 heteroatoms. The van der Waals surface area contributed by atoms with Gasteiger partial charge in [0.25, 0.3) is 5.91 Å². The Labute approximate surface area is 177 Å². The number of ether oxygens (including phenoxy) is 2. The first-order valence-corrected chi connectivity index (χ1v) is 9.36. The first-order chi connectivity index (χ1) is 14.8. The van der Waals surface area contributed by atoms with Crippen molar-refractivity contribution in [1.82, 2.24) is 9.88 Å². The van der Waals surface area contributed by atoms with Crippen molar-refractivity contribution in [1.29, 1.82) is 0 Å². The number of amides is 2. The Hall–Kier alpha value is -3.80. The minimum Gasteiger partial charge on any atom is -0.493 e. The maximum absolute atomic E-state index is 14.5. The number of nitrogens with two attached hydrogens (primary N) is 1. The third-order valence-corrected chi connectivity index (χ3v) is 5.10. The summed E-state index contributed by atoms with van der Waals surface area (Å²) < 4.78 is 38.9. The molecule has 1 aromatic carbocycles. The van der Waals surface area contributed by atoms with E-state index in [1.54, 1.807) is 11.0 Å². The van der Waals surface area contributed by atoms with Crippen LogP contribution in [0.5, 0.6) is 11.5 Å². The smallest absolute Gasteiger partial charge is 0.266 e. The van der Waals surface area contributed by atoms with Crippen molar-refractivity contribution in [2.75, 3.05) is 27.3 Å². The predicted molar refractivity (Wildman–Crippen MR) is 109 cm³/mol. The molecule has 0 saturated carbocycles. The summed E-state index contributed by atoms with van der Waals surface area (Å²) in [6, 6.07) is 2.68. The van der Waals surface area contributed by atoms with Gasteiger partial charge in [-0.05, 0) is 18.6 Å². The van der Waals surface area contributed by atoms with Gasteiger partial charge in [0.1, 0.15) is 11.3 Å². The molecule has 31 heavy (non-hydrogen) atoms. The van der Waals surface area contributed by atoms with E-state index in [1.165, 1.54) is 20.3 Å². The summed E-state index contributed by atoms with van der Waals surface area (Å²) in [6.45, 7) is 4.46. The Morgan fingerprint density at radius 2 is 1.87 bits per heavy atom. The van der Waals surface area contributed by atoms with Crippen LogP contribution in [0.2, 0.25) is 0 Å². The van der Waals surface area contributed by atoms with E-state index >= 15 is 0 Å². The topological polar surface area (TPSA) is 97.7 Å². The molecule has 1 aliphatic heterocycles. The third kappa shape index (κ3) is 4.23. The zero-order valence-corrected chi connectivity index (χ0v) is 17.1. The molecule has 1 saturated heterocycles. The monoisotopic (exact) mass is 429 g/mol. The van der Waals surface area contributed by atoms with Crippen molar-refractivity contribution in [3.63, 3.8) is 0 Å². The van der Waals surface area contributed by atoms with E-state index < -0.39 is 23.1 Å². The molecule has 2 heterocycles. The molecule has 7 nitrogen and oxygen atoms in total. The van der Waals surface area contributed by atoms with Crippen molar-refractivity contribution in [2.24, 2.45) is 5.73 Å². The van der Waals surface area contributed by atoms with Gasteiger partial charge in [-0.2, -0.15) is 0 Å². The molecule has 3 N–H and O–H groups in total. The quantitative estimate of drug-likeness (QED) is 0.563. The summed E-state index contributed by atoms with van der Waals surface area (Å²) in [6.07, 6.45) is 1.91. The van der Waals surface area contributed by atoms with E-state index in [4.69, 9.17) is 15.2 Å². The van der Waals surface area contributed by atoms with E-state index in [0.717, 1.165) is 6.07 Å². The minimum absolute atomic E-state index is 0.0201. The first-order valence-electron chi connectivity index (χ1n) is 9.36. The normalized spacial score (nSPS) is 15.2. The summed E-state index contributed by atoms with van der Waals surface area (Å²) in [5.41, 5.74) is 5.75. The Bertz CT molecular complexity index is 1090. The van der Waals surface area contributed by atoms with Crippen LogP contribution in [0.15, 0.2) is 24.8 Å². The van der Waals surface area contributed by atoms with Crippen LogP contribution in [-0.4, -0.2) is 49.0 Å². The number of hydrogen-bond acceptors (Lipinski definition) is 4. The number of carbonyl (C=O) groups is 2. The summed E-state index contributed by atoms with van der Waals surface area (Å²) in [5, 5.41) is 0. The molecule has 162 valence electrons. The van der Waals surface area contributed by atoms with Crippen LogP contribution in [-0.2, 0) is 4.79 Å². The van der Waals surface area contributed by atoms with Gasteiger partial charge in [-0.15, -0.1) is 0 Å². The van der Waals surface area contributed by atoms with Gasteiger partial charge >= 0.3 is 0 Å². The van der Waals surface area contributed by atoms with Gasteiger partial charge in [0, 0.05) is 30.8 Å². The Morgan fingerprint density at radius 3 is 2.42 bits per heavy atom. The van der Waals surface area contributed by atoms with Crippen molar-refractivity contribution < 1.29 is 27.8 Å². The largest absolute Gasteiger partial charge is 0.493 e. The number of hydrogen-bond donors (Lipinski definition) is 2. The number of halogens is 2. The van der Waals surface area contributed by atoms with E-state index in [9.17, 15) is 18.4 Å². The number of likely N-dealkylation sites (tertiary alicyclic amines) is 1. The Kier molecular flexibility index (Phi) is 6.30. The lowest BCUT2D eigenvalue weighted by atomic mass is 10.0. The number of aromatic amines is 1. The van der Waals surface area contributed by atoms with E-state index in [-0.39, 0.29) is 34.6 Å². The van der Waals surface area contributed by atoms with Crippen molar-refractivity contribution in [3.05, 3.63) is 58.9 Å². The first kappa shape index (κ1) is 21.9. The molecular formula is C22H21F2N3O4. The van der Waals surface area contributed by atoms with Crippen molar-refractivity contribution >= 4 is 11.8 Å². The summed E-state index contributed by atoms with van der Waals surface area (Å²) in [4.78, 5) is 28.3. The number of carbonyl (C=O) groups excluding carboxylic acids is 2. The van der Waals surface area contributed by atoms with Crippen LogP contribution in [0.1, 0.15) is 39.6 Å². The number of methoxy groups -OCH3 is 2. The van der Waals surface area contributed by atoms with Gasteiger partial charge in [0.2, 0.25) is 5.91 Å². The number of nitrogens with one attached hydrogen (secondary N) is 1. The summed E-state index contributed by atoms with van der Waals surface area (Å²) in [5.74, 6) is 1.58. The minimum atomic E-state index is -0.987. The standard InChI is InChI=1S/C22H21F2N3O4/c1-4-18(28)27-8-7-13(11-27)15-9-12(21(26-15)22(25)29)5-6-14-19(23)16(30-2)10-17(31-3)20(14)24/h4,9-10,13,26H,1,7-8,11H2,2-3H3,(H2,25,29). The van der Waals surface area contributed by atoms with Gasteiger partial charge in [0.15, 0.2) is 23.1 Å². The summed E-state index contributed by atoms with van der Waals surface area (Å²) >= 11 is 0. The van der Waals surface area contributed by atoms with Crippen LogP contribution in [0.4, 0.5) is 8.78 Å². The van der Waals surface area contributed by atoms with Crippen LogP contribution in [0, 0.1) is 23.5 Å². The lowest BCUT2D eigenvalue weighted by Gasteiger charge is -2.13. The van der Waals surface area contributed by atoms with E-state index in [0.29, 0.717) is 25.2 Å². The average Bonchev–Trinajstić information content (AvgIpc) is 3.40. The second kappa shape index (κ2) is 8.92. The highest BCUT2D eigenvalue weighted by Crippen LogP contribution is 2.31. The van der Waals surface area contributed by atoms with Gasteiger partial charge in [-0.3, -0.25) is 9.59 Å². The zero-order chi connectivity index (χ0) is 22.7. The van der Waals surface area contributed by atoms with Gasteiger partial charge < -0.3 is 25.1 Å². The number of aromatic nitrogens is 1. The fraction of sp³-hybridized carbons (Fsp3) is 0.273. The molecule has 3 rings (SSSR count). The molecule has 0 bridgehead atoms. The SMILES string of the molecule is C=CC(=O)N1CCC(c2cc(C#Cc3c(F)c(OC)cc(OC)c3F)c(C(N)=O)[nH]2)C1. The second-order valence-electron chi connectivity index (χ2n) is 6.89. The van der Waals surface area contributed by atoms with Crippen LogP contribution in [0.3, 0.4) is 0 Å². The second-order valence-corrected chi connectivity index (χ2v) is 6.89. The molecule has 1 atom stereocenters. The zero-order valence-electron chi connectivity index (χ0n) is 17.1. The number of H-pyrrole nitrogens is 1. The number of benzene rings is 1. The summed E-state index contributed by atoms with van der Waals surface area (Å²) in [7, 11) is 2.47. The fourth-order valence-corrected chi connectivity index (χ4v) is 3.46. The molecule has 1 unspecified atom stereocenters. The average molecular weight is 429 g/mol. The van der Waals surface area contributed by atoms with Crippen LogP contribution >= 0.6 is 0 Å². The molecule has 2 aromatic rings. The Morgan fingerprint density at radius 1 is 1.23 bits per heavy atom. The third-order valence-electron chi connectivity index (χ3n) is 5.10. The van der Waals surface area contributed by atoms with Gasteiger partial charge in [-0.25, -0.2) is 8.78 Å². The maximum Gasteiger partial charge on any atom is 0.266 e. The van der Waals surface area contributed by atoms with Gasteiger partial charge in [0.05, 0.1) is 19.8 Å². The highest BCUT2D eigenvalue weighted by atomic mass is 19.1. The molecular weight excluding hydrogens is 408 g/mol. The molecule has 1 aromatic heterocycles. The molecule has 2 amide bonds. The predicted octanol–water partition coefficient (Wildman–Crippen LogP) is 2.31. The van der Waals surface area contributed by atoms with E-state index in [2.05, 4.69) is 23.4 Å². The molecule has 1 aliphatic rings. The number of nitrogens with zero attached hydrogens (tertiary/aromatic N) is 1. The fourth-order valence-electron chi connectivity index (χ4n) is 3.46.